The maximum atomic E-state index is 13.8. The van der Waals surface area contributed by atoms with Crippen molar-refractivity contribution in [2.75, 3.05) is 26.2 Å². The maximum Gasteiger partial charge on any atom is 0.129 e. The number of hydrogen-bond acceptors (Lipinski definition) is 2. The number of halogens is 2. The summed E-state index contributed by atoms with van der Waals surface area (Å²) in [6, 6.07) is 4.90. The van der Waals surface area contributed by atoms with E-state index in [2.05, 4.69) is 17.1 Å². The summed E-state index contributed by atoms with van der Waals surface area (Å²) >= 11 is 6.10. The molecule has 106 valence electrons. The van der Waals surface area contributed by atoms with Gasteiger partial charge in [0.2, 0.25) is 0 Å². The van der Waals surface area contributed by atoms with E-state index in [-0.39, 0.29) is 5.82 Å². The van der Waals surface area contributed by atoms with Crippen LogP contribution in [0.1, 0.15) is 25.3 Å². The molecular weight excluding hydrogens is 263 g/mol. The third-order valence-electron chi connectivity index (χ3n) is 3.87. The Labute approximate surface area is 119 Å². The Morgan fingerprint density at radius 1 is 1.37 bits per heavy atom. The second-order valence-corrected chi connectivity index (χ2v) is 5.63. The minimum atomic E-state index is -0.198. The lowest BCUT2D eigenvalue weighted by atomic mass is 9.97. The van der Waals surface area contributed by atoms with E-state index in [4.69, 9.17) is 11.6 Å². The number of nitrogens with one attached hydrogen (secondary N) is 1. The van der Waals surface area contributed by atoms with Crippen LogP contribution in [0.2, 0.25) is 5.02 Å². The molecule has 19 heavy (non-hydrogen) atoms. The van der Waals surface area contributed by atoms with E-state index < -0.39 is 0 Å². The number of rotatable bonds is 5. The van der Waals surface area contributed by atoms with Gasteiger partial charge in [-0.25, -0.2) is 4.39 Å². The van der Waals surface area contributed by atoms with E-state index in [0.717, 1.165) is 26.2 Å². The number of benzene rings is 1. The van der Waals surface area contributed by atoms with E-state index in [1.54, 1.807) is 12.1 Å². The molecule has 2 nitrogen and oxygen atoms in total. The van der Waals surface area contributed by atoms with Crippen molar-refractivity contribution in [3.8, 4) is 0 Å². The molecule has 4 heteroatoms. The van der Waals surface area contributed by atoms with E-state index in [0.29, 0.717) is 23.0 Å². The van der Waals surface area contributed by atoms with Crippen molar-refractivity contribution in [2.45, 2.75) is 26.3 Å². The van der Waals surface area contributed by atoms with E-state index in [1.165, 1.54) is 18.9 Å². The van der Waals surface area contributed by atoms with Gasteiger partial charge in [-0.3, -0.25) is 4.90 Å². The van der Waals surface area contributed by atoms with Crippen LogP contribution in [0.5, 0.6) is 0 Å². The smallest absolute Gasteiger partial charge is 0.129 e. The molecule has 1 aromatic rings. The van der Waals surface area contributed by atoms with Crippen molar-refractivity contribution in [1.29, 1.82) is 0 Å². The molecule has 0 radical (unpaired) electrons. The Balaban J connectivity index is 1.98. The normalized spacial score (nSPS) is 17.1. The Hall–Kier alpha value is -0.640. The van der Waals surface area contributed by atoms with Crippen molar-refractivity contribution < 1.29 is 4.39 Å². The summed E-state index contributed by atoms with van der Waals surface area (Å²) in [7, 11) is 0. The second kappa shape index (κ2) is 7.22. The highest BCUT2D eigenvalue weighted by Crippen LogP contribution is 2.22. The molecule has 0 saturated carbocycles. The molecule has 0 unspecified atom stereocenters. The SMILES string of the molecule is CCN(Cc1c(F)cccc1Cl)CC1CCNCC1. The fourth-order valence-corrected chi connectivity index (χ4v) is 2.86. The Bertz CT molecular complexity index is 385. The molecule has 1 aliphatic rings. The van der Waals surface area contributed by atoms with Gasteiger partial charge in [-0.15, -0.1) is 0 Å². The number of piperidine rings is 1. The lowest BCUT2D eigenvalue weighted by Crippen LogP contribution is -2.36. The minimum Gasteiger partial charge on any atom is -0.317 e. The molecule has 0 atom stereocenters. The molecule has 0 aromatic heterocycles. The Morgan fingerprint density at radius 2 is 2.11 bits per heavy atom. The molecule has 2 rings (SSSR count). The summed E-state index contributed by atoms with van der Waals surface area (Å²) in [6.45, 7) is 6.88. The highest BCUT2D eigenvalue weighted by atomic mass is 35.5. The van der Waals surface area contributed by atoms with Crippen LogP contribution < -0.4 is 5.32 Å². The van der Waals surface area contributed by atoms with Gasteiger partial charge in [-0.2, -0.15) is 0 Å². The van der Waals surface area contributed by atoms with Crippen LogP contribution in [0.25, 0.3) is 0 Å². The zero-order chi connectivity index (χ0) is 13.7. The first-order valence-electron chi connectivity index (χ1n) is 7.06. The van der Waals surface area contributed by atoms with Crippen molar-refractivity contribution >= 4 is 11.6 Å². The van der Waals surface area contributed by atoms with Gasteiger partial charge in [0.15, 0.2) is 0 Å². The number of hydrogen-bond donors (Lipinski definition) is 1. The topological polar surface area (TPSA) is 15.3 Å². The Morgan fingerprint density at radius 3 is 2.74 bits per heavy atom. The first-order valence-corrected chi connectivity index (χ1v) is 7.44. The third kappa shape index (κ3) is 4.16. The highest BCUT2D eigenvalue weighted by Gasteiger charge is 2.18. The van der Waals surface area contributed by atoms with Crippen LogP contribution in [0.3, 0.4) is 0 Å². The molecule has 1 saturated heterocycles. The van der Waals surface area contributed by atoms with Crippen molar-refractivity contribution in [3.63, 3.8) is 0 Å². The molecule has 0 aliphatic carbocycles. The summed E-state index contributed by atoms with van der Waals surface area (Å²) < 4.78 is 13.8. The van der Waals surface area contributed by atoms with E-state index >= 15 is 0 Å². The van der Waals surface area contributed by atoms with Crippen LogP contribution in [-0.4, -0.2) is 31.1 Å². The van der Waals surface area contributed by atoms with Gasteiger partial charge in [-0.1, -0.05) is 24.6 Å². The average molecular weight is 285 g/mol. The van der Waals surface area contributed by atoms with Gasteiger partial charge in [-0.05, 0) is 50.5 Å². The lowest BCUT2D eigenvalue weighted by molar-refractivity contribution is 0.205. The van der Waals surface area contributed by atoms with Gasteiger partial charge in [0.25, 0.3) is 0 Å². The van der Waals surface area contributed by atoms with Crippen LogP contribution in [-0.2, 0) is 6.54 Å². The van der Waals surface area contributed by atoms with E-state index in [9.17, 15) is 4.39 Å². The van der Waals surface area contributed by atoms with Crippen molar-refractivity contribution in [3.05, 3.63) is 34.6 Å². The van der Waals surface area contributed by atoms with Crippen molar-refractivity contribution in [1.82, 2.24) is 10.2 Å². The molecular formula is C15H22ClFN2. The van der Waals surface area contributed by atoms with Crippen LogP contribution >= 0.6 is 11.6 Å². The average Bonchev–Trinajstić information content (AvgIpc) is 2.43. The standard InChI is InChI=1S/C15H22ClFN2/c1-2-19(10-12-6-8-18-9-7-12)11-13-14(16)4-3-5-15(13)17/h3-5,12,18H,2,6-11H2,1H3. The summed E-state index contributed by atoms with van der Waals surface area (Å²) in [4.78, 5) is 2.29. The van der Waals surface area contributed by atoms with Gasteiger partial charge in [0.05, 0.1) is 0 Å². The van der Waals surface area contributed by atoms with Gasteiger partial charge < -0.3 is 5.32 Å². The zero-order valence-electron chi connectivity index (χ0n) is 11.5. The number of nitrogens with zero attached hydrogens (tertiary/aromatic N) is 1. The quantitative estimate of drug-likeness (QED) is 0.892. The molecule has 1 fully saturated rings. The predicted octanol–water partition coefficient (Wildman–Crippen LogP) is 3.30. The summed E-state index contributed by atoms with van der Waals surface area (Å²) in [6.07, 6.45) is 2.42. The van der Waals surface area contributed by atoms with Crippen LogP contribution in [0.4, 0.5) is 4.39 Å². The van der Waals surface area contributed by atoms with E-state index in [1.807, 2.05) is 0 Å². The first kappa shape index (κ1) is 14.8. The molecule has 1 N–H and O–H groups in total. The third-order valence-corrected chi connectivity index (χ3v) is 4.22. The molecule has 1 aromatic carbocycles. The zero-order valence-corrected chi connectivity index (χ0v) is 12.2. The molecule has 1 heterocycles. The van der Waals surface area contributed by atoms with Gasteiger partial charge in [0, 0.05) is 23.7 Å². The molecule has 1 aliphatic heterocycles. The fraction of sp³-hybridized carbons (Fsp3) is 0.600. The largest absolute Gasteiger partial charge is 0.317 e. The monoisotopic (exact) mass is 284 g/mol. The molecule has 0 amide bonds. The van der Waals surface area contributed by atoms with Gasteiger partial charge in [0.1, 0.15) is 5.82 Å². The van der Waals surface area contributed by atoms with Crippen molar-refractivity contribution in [2.24, 2.45) is 5.92 Å². The summed E-state index contributed by atoms with van der Waals surface area (Å²) in [5.74, 6) is 0.517. The summed E-state index contributed by atoms with van der Waals surface area (Å²) in [5.41, 5.74) is 0.625. The maximum absolute atomic E-state index is 13.8. The Kier molecular flexibility index (Phi) is 5.61. The fourth-order valence-electron chi connectivity index (χ4n) is 2.64. The second-order valence-electron chi connectivity index (χ2n) is 5.22. The van der Waals surface area contributed by atoms with Crippen LogP contribution in [0.15, 0.2) is 18.2 Å². The predicted molar refractivity (Wildman–Crippen MR) is 78.0 cm³/mol. The molecule has 0 bridgehead atoms. The van der Waals surface area contributed by atoms with Gasteiger partial charge >= 0.3 is 0 Å². The molecule has 0 spiro atoms. The van der Waals surface area contributed by atoms with Crippen LogP contribution in [0, 0.1) is 11.7 Å². The minimum absolute atomic E-state index is 0.198. The highest BCUT2D eigenvalue weighted by molar-refractivity contribution is 6.31. The lowest BCUT2D eigenvalue weighted by Gasteiger charge is -2.29. The first-order chi connectivity index (χ1) is 9.20. The summed E-state index contributed by atoms with van der Waals surface area (Å²) in [5, 5.41) is 3.91.